The number of likely N-dealkylation sites (tertiary alicyclic amines) is 1. The van der Waals surface area contributed by atoms with E-state index >= 15 is 0 Å². The number of imidazole rings is 1. The van der Waals surface area contributed by atoms with Gasteiger partial charge in [0, 0.05) is 44.5 Å². The van der Waals surface area contributed by atoms with Crippen molar-refractivity contribution < 1.29 is 4.79 Å². The molecule has 0 radical (unpaired) electrons. The highest BCUT2D eigenvalue weighted by Gasteiger charge is 2.32. The Morgan fingerprint density at radius 1 is 1.24 bits per heavy atom. The molecule has 4 heterocycles. The van der Waals surface area contributed by atoms with E-state index in [1.54, 1.807) is 23.1 Å². The van der Waals surface area contributed by atoms with Gasteiger partial charge in [0.25, 0.3) is 5.91 Å². The van der Waals surface area contributed by atoms with E-state index in [2.05, 4.69) is 21.6 Å². The maximum Gasteiger partial charge on any atom is 0.272 e. The topological polar surface area (TPSA) is 68.8 Å². The fourth-order valence-corrected chi connectivity index (χ4v) is 3.68. The number of fused-ring (bicyclic) bond motifs is 1. The number of aromatic nitrogens is 5. The molecule has 7 nitrogen and oxygen atoms in total. The molecule has 1 atom stereocenters. The number of nitrogens with zero attached hydrogens (tertiary/aromatic N) is 6. The van der Waals surface area contributed by atoms with E-state index in [9.17, 15) is 4.79 Å². The number of carbonyl (C=O) groups excluding carboxylic acids is 1. The quantitative estimate of drug-likeness (QED) is 0.732. The number of pyridine rings is 1. The van der Waals surface area contributed by atoms with Crippen LogP contribution in [0.5, 0.6) is 0 Å². The summed E-state index contributed by atoms with van der Waals surface area (Å²) in [5.41, 5.74) is 2.51. The van der Waals surface area contributed by atoms with E-state index in [1.165, 1.54) is 0 Å². The third kappa shape index (κ3) is 2.59. The van der Waals surface area contributed by atoms with E-state index in [0.717, 1.165) is 36.5 Å². The largest absolute Gasteiger partial charge is 0.337 e. The van der Waals surface area contributed by atoms with Crippen molar-refractivity contribution in [1.82, 2.24) is 29.2 Å². The second-order valence-electron chi connectivity index (χ2n) is 6.33. The Morgan fingerprint density at radius 2 is 2.12 bits per heavy atom. The molecule has 0 saturated carbocycles. The summed E-state index contributed by atoms with van der Waals surface area (Å²) in [4.78, 5) is 24.0. The van der Waals surface area contributed by atoms with Crippen LogP contribution in [-0.2, 0) is 13.1 Å². The van der Waals surface area contributed by atoms with Crippen LogP contribution in [0.2, 0.25) is 0 Å². The minimum absolute atomic E-state index is 0.0548. The molecule has 1 saturated heterocycles. The first-order chi connectivity index (χ1) is 12.2. The van der Waals surface area contributed by atoms with E-state index in [1.807, 2.05) is 24.0 Å². The van der Waals surface area contributed by atoms with Crippen LogP contribution >= 0.6 is 0 Å². The Morgan fingerprint density at radius 3 is 2.92 bits per heavy atom. The molecule has 0 spiro atoms. The van der Waals surface area contributed by atoms with Gasteiger partial charge in [-0.3, -0.25) is 9.48 Å². The van der Waals surface area contributed by atoms with Crippen LogP contribution in [0.15, 0.2) is 30.6 Å². The molecule has 0 N–H and O–H groups in total. The number of rotatable bonds is 4. The summed E-state index contributed by atoms with van der Waals surface area (Å²) in [6, 6.07) is 5.70. The summed E-state index contributed by atoms with van der Waals surface area (Å²) in [7, 11) is 0. The summed E-state index contributed by atoms with van der Waals surface area (Å²) in [6.07, 6.45) is 4.41. The van der Waals surface area contributed by atoms with Crippen LogP contribution in [0.25, 0.3) is 11.2 Å². The minimum Gasteiger partial charge on any atom is -0.337 e. The first-order valence-corrected chi connectivity index (χ1v) is 8.85. The van der Waals surface area contributed by atoms with E-state index in [0.29, 0.717) is 18.8 Å². The van der Waals surface area contributed by atoms with Crippen LogP contribution in [0, 0.1) is 0 Å². The normalized spacial score (nSPS) is 17.5. The Hall–Kier alpha value is -2.70. The SMILES string of the molecule is CCn1nccc1C(=O)N1CCC(c2nc3cccnc3n2CC)C1. The zero-order chi connectivity index (χ0) is 17.4. The van der Waals surface area contributed by atoms with Crippen molar-refractivity contribution >= 4 is 17.1 Å². The van der Waals surface area contributed by atoms with Crippen LogP contribution in [0.3, 0.4) is 0 Å². The highest BCUT2D eigenvalue weighted by Crippen LogP contribution is 2.29. The number of aryl methyl sites for hydroxylation is 2. The lowest BCUT2D eigenvalue weighted by molar-refractivity contribution is 0.0778. The highest BCUT2D eigenvalue weighted by molar-refractivity contribution is 5.92. The van der Waals surface area contributed by atoms with Crippen LogP contribution in [-0.4, -0.2) is 48.2 Å². The number of carbonyl (C=O) groups is 1. The third-order valence-electron chi connectivity index (χ3n) is 4.93. The molecule has 1 amide bonds. The fraction of sp³-hybridized carbons (Fsp3) is 0.444. The van der Waals surface area contributed by atoms with Gasteiger partial charge < -0.3 is 9.47 Å². The predicted molar refractivity (Wildman–Crippen MR) is 94.4 cm³/mol. The predicted octanol–water partition coefficient (Wildman–Crippen LogP) is 2.30. The summed E-state index contributed by atoms with van der Waals surface area (Å²) in [5, 5.41) is 4.20. The number of amides is 1. The van der Waals surface area contributed by atoms with Crippen LogP contribution in [0.4, 0.5) is 0 Å². The molecule has 1 aliphatic rings. The van der Waals surface area contributed by atoms with E-state index in [4.69, 9.17) is 4.98 Å². The standard InChI is InChI=1S/C18H22N6O/c1-3-23-16(21-14-6-5-9-19-17(14)23)13-8-11-22(12-13)18(25)15-7-10-20-24(15)4-2/h5-7,9-10,13H,3-4,8,11-12H2,1-2H3. The lowest BCUT2D eigenvalue weighted by Crippen LogP contribution is -2.30. The van der Waals surface area contributed by atoms with Crippen molar-refractivity contribution in [1.29, 1.82) is 0 Å². The summed E-state index contributed by atoms with van der Waals surface area (Å²) < 4.78 is 3.92. The third-order valence-corrected chi connectivity index (χ3v) is 4.93. The molecule has 130 valence electrons. The van der Waals surface area contributed by atoms with Gasteiger partial charge in [-0.05, 0) is 38.5 Å². The molecule has 1 fully saturated rings. The second-order valence-corrected chi connectivity index (χ2v) is 6.33. The highest BCUT2D eigenvalue weighted by atomic mass is 16.2. The zero-order valence-corrected chi connectivity index (χ0v) is 14.6. The number of hydrogen-bond acceptors (Lipinski definition) is 4. The maximum atomic E-state index is 12.8. The van der Waals surface area contributed by atoms with Gasteiger partial charge in [0.15, 0.2) is 5.65 Å². The Kier molecular flexibility index (Phi) is 3.99. The molecule has 0 aromatic carbocycles. The molecule has 4 rings (SSSR count). The Balaban J connectivity index is 1.60. The fourth-order valence-electron chi connectivity index (χ4n) is 3.68. The molecular formula is C18H22N6O. The van der Waals surface area contributed by atoms with Gasteiger partial charge in [-0.25, -0.2) is 9.97 Å². The van der Waals surface area contributed by atoms with Crippen molar-refractivity contribution in [3.63, 3.8) is 0 Å². The average molecular weight is 338 g/mol. The maximum absolute atomic E-state index is 12.8. The summed E-state index contributed by atoms with van der Waals surface area (Å²) in [5.74, 6) is 1.34. The smallest absolute Gasteiger partial charge is 0.272 e. The van der Waals surface area contributed by atoms with Crippen LogP contribution in [0.1, 0.15) is 42.5 Å². The van der Waals surface area contributed by atoms with Crippen LogP contribution < -0.4 is 0 Å². The van der Waals surface area contributed by atoms with Crippen molar-refractivity contribution in [2.45, 2.75) is 39.3 Å². The first-order valence-electron chi connectivity index (χ1n) is 8.85. The van der Waals surface area contributed by atoms with Crippen molar-refractivity contribution in [2.75, 3.05) is 13.1 Å². The molecular weight excluding hydrogens is 316 g/mol. The molecule has 3 aromatic rings. The van der Waals surface area contributed by atoms with Gasteiger partial charge in [-0.2, -0.15) is 5.10 Å². The molecule has 1 aliphatic heterocycles. The van der Waals surface area contributed by atoms with Gasteiger partial charge >= 0.3 is 0 Å². The van der Waals surface area contributed by atoms with Gasteiger partial charge in [-0.15, -0.1) is 0 Å². The minimum atomic E-state index is 0.0548. The molecule has 7 heteroatoms. The molecule has 1 unspecified atom stereocenters. The number of hydrogen-bond donors (Lipinski definition) is 0. The molecule has 0 bridgehead atoms. The Labute approximate surface area is 146 Å². The average Bonchev–Trinajstić information content (AvgIpc) is 3.37. The summed E-state index contributed by atoms with van der Waals surface area (Å²) in [6.45, 7) is 7.07. The zero-order valence-electron chi connectivity index (χ0n) is 14.6. The Bertz CT molecular complexity index is 911. The first kappa shape index (κ1) is 15.8. The van der Waals surface area contributed by atoms with Gasteiger partial charge in [0.2, 0.25) is 0 Å². The molecule has 3 aromatic heterocycles. The molecule has 0 aliphatic carbocycles. The lowest BCUT2D eigenvalue weighted by atomic mass is 10.1. The van der Waals surface area contributed by atoms with Crippen molar-refractivity contribution in [3.05, 3.63) is 42.1 Å². The monoisotopic (exact) mass is 338 g/mol. The van der Waals surface area contributed by atoms with Crippen molar-refractivity contribution in [2.24, 2.45) is 0 Å². The van der Waals surface area contributed by atoms with E-state index < -0.39 is 0 Å². The second kappa shape index (κ2) is 6.31. The van der Waals surface area contributed by atoms with Crippen molar-refractivity contribution in [3.8, 4) is 0 Å². The van der Waals surface area contributed by atoms with E-state index in [-0.39, 0.29) is 11.8 Å². The van der Waals surface area contributed by atoms with Gasteiger partial charge in [-0.1, -0.05) is 0 Å². The molecule has 25 heavy (non-hydrogen) atoms. The lowest BCUT2D eigenvalue weighted by Gasteiger charge is -2.17. The van der Waals surface area contributed by atoms with Gasteiger partial charge in [0.1, 0.15) is 17.0 Å². The van der Waals surface area contributed by atoms with Gasteiger partial charge in [0.05, 0.1) is 0 Å². The summed E-state index contributed by atoms with van der Waals surface area (Å²) >= 11 is 0.